The third-order valence-electron chi connectivity index (χ3n) is 2.91. The highest BCUT2D eigenvalue weighted by Gasteiger charge is 2.21. The highest BCUT2D eigenvalue weighted by Crippen LogP contribution is 2.26. The molecule has 0 aliphatic heterocycles. The number of aromatic nitrogens is 2. The van der Waals surface area contributed by atoms with Gasteiger partial charge < -0.3 is 5.32 Å². The van der Waals surface area contributed by atoms with Gasteiger partial charge in [0.25, 0.3) is 0 Å². The first-order chi connectivity index (χ1) is 6.92. The molecule has 0 aliphatic carbocycles. The molecule has 1 rings (SSSR count). The van der Waals surface area contributed by atoms with Crippen molar-refractivity contribution in [3.63, 3.8) is 0 Å². The molecule has 0 aliphatic rings. The van der Waals surface area contributed by atoms with E-state index < -0.39 is 0 Å². The normalized spacial score (nSPS) is 11.9. The van der Waals surface area contributed by atoms with E-state index in [9.17, 15) is 0 Å². The van der Waals surface area contributed by atoms with E-state index in [1.54, 1.807) is 6.20 Å². The topological polar surface area (TPSA) is 37.8 Å². The minimum atomic E-state index is 0.234. The second-order valence-corrected chi connectivity index (χ2v) is 5.05. The quantitative estimate of drug-likeness (QED) is 0.803. The molecule has 0 fully saturated rings. The van der Waals surface area contributed by atoms with Gasteiger partial charge in [-0.25, -0.2) is 9.97 Å². The first-order valence-corrected chi connectivity index (χ1v) is 5.52. The van der Waals surface area contributed by atoms with Gasteiger partial charge in [0.1, 0.15) is 5.82 Å². The number of rotatable bonds is 4. The summed E-state index contributed by atoms with van der Waals surface area (Å²) in [7, 11) is 0. The molecule has 15 heavy (non-hydrogen) atoms. The summed E-state index contributed by atoms with van der Waals surface area (Å²) in [6, 6.07) is 1.82. The molecule has 0 spiro atoms. The Morgan fingerprint density at radius 3 is 2.67 bits per heavy atom. The van der Waals surface area contributed by atoms with Crippen LogP contribution in [0.15, 0.2) is 12.3 Å². The van der Waals surface area contributed by atoms with E-state index in [0.29, 0.717) is 5.92 Å². The Morgan fingerprint density at radius 1 is 1.47 bits per heavy atom. The molecular formula is C11H18ClN3. The lowest BCUT2D eigenvalue weighted by Crippen LogP contribution is -2.28. The van der Waals surface area contributed by atoms with Crippen LogP contribution in [0.25, 0.3) is 0 Å². The molecule has 0 amide bonds. The van der Waals surface area contributed by atoms with Crippen molar-refractivity contribution in [3.05, 3.63) is 17.5 Å². The van der Waals surface area contributed by atoms with E-state index >= 15 is 0 Å². The molecule has 84 valence electrons. The summed E-state index contributed by atoms with van der Waals surface area (Å²) in [5.41, 5.74) is 0.234. The van der Waals surface area contributed by atoms with Gasteiger partial charge in [0, 0.05) is 12.7 Å². The number of hydrogen-bond donors (Lipinski definition) is 1. The van der Waals surface area contributed by atoms with E-state index in [4.69, 9.17) is 11.6 Å². The highest BCUT2D eigenvalue weighted by molar-refractivity contribution is 6.28. The van der Waals surface area contributed by atoms with Gasteiger partial charge in [-0.05, 0) is 29.0 Å². The zero-order chi connectivity index (χ0) is 11.5. The maximum Gasteiger partial charge on any atom is 0.224 e. The maximum atomic E-state index is 5.70. The summed E-state index contributed by atoms with van der Waals surface area (Å²) in [5, 5.41) is 3.55. The van der Waals surface area contributed by atoms with E-state index in [0.717, 1.165) is 12.4 Å². The Morgan fingerprint density at radius 2 is 2.13 bits per heavy atom. The van der Waals surface area contributed by atoms with Gasteiger partial charge in [-0.2, -0.15) is 0 Å². The summed E-state index contributed by atoms with van der Waals surface area (Å²) < 4.78 is 0. The Balaban J connectivity index is 2.57. The smallest absolute Gasteiger partial charge is 0.224 e. The van der Waals surface area contributed by atoms with Crippen LogP contribution in [0.2, 0.25) is 5.28 Å². The van der Waals surface area contributed by atoms with Crippen LogP contribution in [0.5, 0.6) is 0 Å². The summed E-state index contributed by atoms with van der Waals surface area (Å²) in [4.78, 5) is 7.91. The van der Waals surface area contributed by atoms with Crippen molar-refractivity contribution < 1.29 is 0 Å². The van der Waals surface area contributed by atoms with Gasteiger partial charge in [-0.15, -0.1) is 0 Å². The first-order valence-electron chi connectivity index (χ1n) is 5.14. The molecule has 0 radical (unpaired) electrons. The number of hydrogen-bond acceptors (Lipinski definition) is 3. The van der Waals surface area contributed by atoms with Crippen molar-refractivity contribution >= 4 is 17.4 Å². The van der Waals surface area contributed by atoms with Crippen LogP contribution in [0.3, 0.4) is 0 Å². The zero-order valence-electron chi connectivity index (χ0n) is 9.71. The molecule has 3 nitrogen and oxygen atoms in total. The van der Waals surface area contributed by atoms with Crippen molar-refractivity contribution in [1.82, 2.24) is 9.97 Å². The van der Waals surface area contributed by atoms with E-state index in [2.05, 4.69) is 43.0 Å². The molecule has 1 heterocycles. The summed E-state index contributed by atoms with van der Waals surface area (Å²) in [6.07, 6.45) is 1.65. The lowest BCUT2D eigenvalue weighted by molar-refractivity contribution is 0.269. The number of halogens is 1. The van der Waals surface area contributed by atoms with Gasteiger partial charge >= 0.3 is 0 Å². The molecule has 4 heteroatoms. The summed E-state index contributed by atoms with van der Waals surface area (Å²) in [6.45, 7) is 9.77. The zero-order valence-corrected chi connectivity index (χ0v) is 10.5. The van der Waals surface area contributed by atoms with Gasteiger partial charge in [0.05, 0.1) is 0 Å². The molecule has 0 atom stereocenters. The van der Waals surface area contributed by atoms with Crippen LogP contribution in [-0.4, -0.2) is 16.5 Å². The first kappa shape index (κ1) is 12.2. The van der Waals surface area contributed by atoms with Crippen LogP contribution >= 0.6 is 11.6 Å². The second kappa shape index (κ2) is 4.79. The lowest BCUT2D eigenvalue weighted by Gasteiger charge is -2.29. The average molecular weight is 228 g/mol. The predicted molar refractivity (Wildman–Crippen MR) is 64.2 cm³/mol. The molecule has 0 unspecified atom stereocenters. The third kappa shape index (κ3) is 3.67. The maximum absolute atomic E-state index is 5.70. The van der Waals surface area contributed by atoms with Crippen LogP contribution < -0.4 is 5.32 Å². The van der Waals surface area contributed by atoms with Crippen LogP contribution in [-0.2, 0) is 0 Å². The second-order valence-electron chi connectivity index (χ2n) is 4.71. The Kier molecular flexibility index (Phi) is 3.91. The van der Waals surface area contributed by atoms with Gasteiger partial charge in [-0.3, -0.25) is 0 Å². The van der Waals surface area contributed by atoms with E-state index in [1.807, 2.05) is 6.07 Å². The van der Waals surface area contributed by atoms with Crippen molar-refractivity contribution in [1.29, 1.82) is 0 Å². The van der Waals surface area contributed by atoms with Crippen molar-refractivity contribution in [2.24, 2.45) is 11.3 Å². The average Bonchev–Trinajstić information content (AvgIpc) is 2.15. The van der Waals surface area contributed by atoms with Crippen molar-refractivity contribution in [2.75, 3.05) is 11.9 Å². The van der Waals surface area contributed by atoms with Crippen molar-refractivity contribution in [3.8, 4) is 0 Å². The fourth-order valence-corrected chi connectivity index (χ4v) is 1.10. The lowest BCUT2D eigenvalue weighted by atomic mass is 9.81. The van der Waals surface area contributed by atoms with Crippen LogP contribution in [0, 0.1) is 11.3 Å². The monoisotopic (exact) mass is 227 g/mol. The van der Waals surface area contributed by atoms with E-state index in [-0.39, 0.29) is 10.7 Å². The molecule has 0 saturated heterocycles. The minimum Gasteiger partial charge on any atom is -0.369 e. The fourth-order valence-electron chi connectivity index (χ4n) is 0.956. The van der Waals surface area contributed by atoms with Gasteiger partial charge in [-0.1, -0.05) is 27.7 Å². The van der Waals surface area contributed by atoms with Crippen molar-refractivity contribution in [2.45, 2.75) is 27.7 Å². The number of nitrogens with zero attached hydrogens (tertiary/aromatic N) is 2. The molecule has 1 aromatic heterocycles. The summed E-state index contributed by atoms with van der Waals surface area (Å²) in [5.74, 6) is 1.39. The SMILES string of the molecule is CC(C)C(C)(C)CNc1ccnc(Cl)n1. The third-order valence-corrected chi connectivity index (χ3v) is 3.10. The molecule has 0 bridgehead atoms. The Bertz CT molecular complexity index is 323. The standard InChI is InChI=1S/C11H18ClN3/c1-8(2)11(3,4)7-14-9-5-6-13-10(12)15-9/h5-6,8H,7H2,1-4H3,(H,13,14,15). The summed E-state index contributed by atoms with van der Waals surface area (Å²) >= 11 is 5.70. The Hall–Kier alpha value is -0.830. The van der Waals surface area contributed by atoms with Crippen LogP contribution in [0.4, 0.5) is 5.82 Å². The highest BCUT2D eigenvalue weighted by atomic mass is 35.5. The number of nitrogens with one attached hydrogen (secondary N) is 1. The molecular weight excluding hydrogens is 210 g/mol. The largest absolute Gasteiger partial charge is 0.369 e. The molecule has 1 aromatic rings. The Labute approximate surface area is 96.3 Å². The molecule has 1 N–H and O–H groups in total. The minimum absolute atomic E-state index is 0.234. The van der Waals surface area contributed by atoms with Gasteiger partial charge in [0.2, 0.25) is 5.28 Å². The predicted octanol–water partition coefficient (Wildman–Crippen LogP) is 3.22. The molecule has 0 aromatic carbocycles. The van der Waals surface area contributed by atoms with Gasteiger partial charge in [0.15, 0.2) is 0 Å². The number of anilines is 1. The van der Waals surface area contributed by atoms with Crippen LogP contribution in [0.1, 0.15) is 27.7 Å². The van der Waals surface area contributed by atoms with E-state index in [1.165, 1.54) is 0 Å². The fraction of sp³-hybridized carbons (Fsp3) is 0.636. The molecule has 0 saturated carbocycles.